The largest absolute Gasteiger partial charge is 0.497 e. The number of likely N-dealkylation sites (N-methyl/N-ethyl adjacent to an activating group) is 1. The maximum absolute atomic E-state index is 6.06. The lowest BCUT2D eigenvalue weighted by Crippen LogP contribution is -2.40. The molecule has 0 aromatic heterocycles. The molecule has 1 atom stereocenters. The van der Waals surface area contributed by atoms with Crippen LogP contribution in [-0.4, -0.2) is 49.3 Å². The van der Waals surface area contributed by atoms with Crippen LogP contribution < -0.4 is 9.47 Å². The zero-order valence-corrected chi connectivity index (χ0v) is 10.4. The van der Waals surface area contributed by atoms with E-state index in [4.69, 9.17) is 9.47 Å². The minimum Gasteiger partial charge on any atom is -0.497 e. The second-order valence-electron chi connectivity index (χ2n) is 4.65. The monoisotopic (exact) mass is 233 g/mol. The van der Waals surface area contributed by atoms with Crippen molar-refractivity contribution in [3.05, 3.63) is 23.3 Å². The van der Waals surface area contributed by atoms with Crippen molar-refractivity contribution in [2.75, 3.05) is 27.2 Å². The van der Waals surface area contributed by atoms with Gasteiger partial charge >= 0.3 is 6.35 Å². The molecule has 1 fully saturated rings. The second-order valence-corrected chi connectivity index (χ2v) is 4.65. The van der Waals surface area contributed by atoms with Crippen molar-refractivity contribution in [2.45, 2.75) is 13.3 Å². The molecule has 0 spiro atoms. The maximum Gasteiger partial charge on any atom is 0.363 e. The van der Waals surface area contributed by atoms with Gasteiger partial charge in [-0.2, -0.15) is 4.58 Å². The van der Waals surface area contributed by atoms with E-state index in [0.29, 0.717) is 0 Å². The predicted molar refractivity (Wildman–Crippen MR) is 65.1 cm³/mol. The molecular formula is C13H17N2O2+. The quantitative estimate of drug-likeness (QED) is 0.678. The lowest BCUT2D eigenvalue weighted by atomic mass is 10.1. The molecule has 2 aliphatic heterocycles. The highest BCUT2D eigenvalue weighted by atomic mass is 16.5. The van der Waals surface area contributed by atoms with Gasteiger partial charge in [-0.05, 0) is 31.7 Å². The summed E-state index contributed by atoms with van der Waals surface area (Å²) in [4.78, 5) is 2.21. The van der Waals surface area contributed by atoms with E-state index in [1.807, 2.05) is 12.1 Å². The van der Waals surface area contributed by atoms with Crippen molar-refractivity contribution in [1.29, 1.82) is 0 Å². The summed E-state index contributed by atoms with van der Waals surface area (Å²) in [6, 6.07) is 4.04. The third-order valence-electron chi connectivity index (χ3n) is 3.41. The summed E-state index contributed by atoms with van der Waals surface area (Å²) in [6.45, 7) is 4.10. The standard InChI is InChI=1S/C13H17N2O2/c1-9-6-11(16-3)7-10-8-15-5-4-14(2)13(15)17-12(9)10/h6-8,13H,4-5H2,1-3H3/q+1. The number of fused-ring (bicyclic) bond motifs is 2. The summed E-state index contributed by atoms with van der Waals surface area (Å²) in [6.07, 6.45) is 2.22. The van der Waals surface area contributed by atoms with Crippen molar-refractivity contribution in [3.63, 3.8) is 0 Å². The van der Waals surface area contributed by atoms with Gasteiger partial charge in [-0.3, -0.25) is 0 Å². The molecule has 3 rings (SSSR count). The van der Waals surface area contributed by atoms with E-state index in [1.54, 1.807) is 7.11 Å². The number of hydrogen-bond donors (Lipinski definition) is 0. The molecule has 90 valence electrons. The van der Waals surface area contributed by atoms with Gasteiger partial charge in [0, 0.05) is 0 Å². The van der Waals surface area contributed by atoms with Crippen LogP contribution in [-0.2, 0) is 0 Å². The number of hydrogen-bond acceptors (Lipinski definition) is 3. The molecule has 2 heterocycles. The molecular weight excluding hydrogens is 216 g/mol. The number of methoxy groups -OCH3 is 1. The Balaban J connectivity index is 2.08. The highest BCUT2D eigenvalue weighted by Crippen LogP contribution is 2.32. The van der Waals surface area contributed by atoms with Crippen molar-refractivity contribution in [2.24, 2.45) is 0 Å². The Morgan fingerprint density at radius 2 is 2.29 bits per heavy atom. The van der Waals surface area contributed by atoms with E-state index in [1.165, 1.54) is 0 Å². The highest BCUT2D eigenvalue weighted by molar-refractivity contribution is 5.82. The Bertz CT molecular complexity index is 496. The Morgan fingerprint density at radius 3 is 3.06 bits per heavy atom. The number of nitrogens with zero attached hydrogens (tertiary/aromatic N) is 2. The van der Waals surface area contributed by atoms with Gasteiger partial charge in [0.2, 0.25) is 0 Å². The van der Waals surface area contributed by atoms with Crippen LogP contribution in [0.25, 0.3) is 0 Å². The van der Waals surface area contributed by atoms with Crippen molar-refractivity contribution in [3.8, 4) is 11.5 Å². The van der Waals surface area contributed by atoms with Crippen molar-refractivity contribution < 1.29 is 14.0 Å². The van der Waals surface area contributed by atoms with Gasteiger partial charge in [0.25, 0.3) is 0 Å². The predicted octanol–water partition coefficient (Wildman–Crippen LogP) is 1.06. The summed E-state index contributed by atoms with van der Waals surface area (Å²) >= 11 is 0. The van der Waals surface area contributed by atoms with Crippen LogP contribution in [0.1, 0.15) is 11.1 Å². The SMILES string of the molecule is COc1cc(C)c2c(c1)C=[N+]1CCN(C)C1O2. The molecule has 0 aliphatic carbocycles. The normalized spacial score (nSPS) is 22.5. The van der Waals surface area contributed by atoms with E-state index in [9.17, 15) is 0 Å². The Labute approximate surface area is 101 Å². The summed E-state index contributed by atoms with van der Waals surface area (Å²) in [7, 11) is 3.78. The zero-order chi connectivity index (χ0) is 12.0. The molecule has 1 aromatic carbocycles. The van der Waals surface area contributed by atoms with Crippen LogP contribution in [0.2, 0.25) is 0 Å². The molecule has 0 radical (unpaired) electrons. The number of benzene rings is 1. The topological polar surface area (TPSA) is 24.7 Å². The fourth-order valence-electron chi connectivity index (χ4n) is 2.46. The van der Waals surface area contributed by atoms with Gasteiger partial charge in [0.1, 0.15) is 11.5 Å². The van der Waals surface area contributed by atoms with E-state index >= 15 is 0 Å². The zero-order valence-electron chi connectivity index (χ0n) is 10.4. The average Bonchev–Trinajstić information content (AvgIpc) is 2.68. The number of aryl methyl sites for hydroxylation is 1. The summed E-state index contributed by atoms with van der Waals surface area (Å²) in [5, 5.41) is 0. The second kappa shape index (κ2) is 3.74. The molecule has 1 saturated heterocycles. The minimum absolute atomic E-state index is 0.0506. The van der Waals surface area contributed by atoms with Gasteiger partial charge in [-0.1, -0.05) is 0 Å². The van der Waals surface area contributed by atoms with E-state index < -0.39 is 0 Å². The Kier molecular flexibility index (Phi) is 2.33. The van der Waals surface area contributed by atoms with Crippen molar-refractivity contribution in [1.82, 2.24) is 4.90 Å². The van der Waals surface area contributed by atoms with Gasteiger partial charge in [0.15, 0.2) is 12.8 Å². The lowest BCUT2D eigenvalue weighted by Gasteiger charge is -2.22. The first-order valence-electron chi connectivity index (χ1n) is 5.85. The molecule has 0 amide bonds. The molecule has 0 bridgehead atoms. The molecule has 1 unspecified atom stereocenters. The average molecular weight is 233 g/mol. The third kappa shape index (κ3) is 1.60. The van der Waals surface area contributed by atoms with Crippen LogP contribution in [0.4, 0.5) is 0 Å². The minimum atomic E-state index is 0.0506. The van der Waals surface area contributed by atoms with Crippen LogP contribution in [0.5, 0.6) is 11.5 Å². The van der Waals surface area contributed by atoms with Gasteiger partial charge in [-0.15, -0.1) is 0 Å². The number of ether oxygens (including phenoxy) is 2. The summed E-state index contributed by atoms with van der Waals surface area (Å²) in [5.74, 6) is 1.85. The van der Waals surface area contributed by atoms with Crippen LogP contribution in [0.3, 0.4) is 0 Å². The van der Waals surface area contributed by atoms with Crippen molar-refractivity contribution >= 4 is 6.21 Å². The van der Waals surface area contributed by atoms with Gasteiger partial charge in [-0.25, -0.2) is 4.90 Å². The Hall–Kier alpha value is -1.55. The summed E-state index contributed by atoms with van der Waals surface area (Å²) < 4.78 is 13.6. The highest BCUT2D eigenvalue weighted by Gasteiger charge is 2.38. The third-order valence-corrected chi connectivity index (χ3v) is 3.41. The molecule has 1 aromatic rings. The van der Waals surface area contributed by atoms with Crippen LogP contribution in [0.15, 0.2) is 12.1 Å². The van der Waals surface area contributed by atoms with Gasteiger partial charge in [0.05, 0.1) is 19.2 Å². The van der Waals surface area contributed by atoms with E-state index in [-0.39, 0.29) is 6.35 Å². The fourth-order valence-corrected chi connectivity index (χ4v) is 2.46. The molecule has 0 saturated carbocycles. The fraction of sp³-hybridized carbons (Fsp3) is 0.462. The molecule has 4 heteroatoms. The smallest absolute Gasteiger partial charge is 0.363 e. The van der Waals surface area contributed by atoms with Crippen LogP contribution >= 0.6 is 0 Å². The Morgan fingerprint density at radius 1 is 1.47 bits per heavy atom. The van der Waals surface area contributed by atoms with E-state index in [2.05, 4.69) is 29.7 Å². The molecule has 17 heavy (non-hydrogen) atoms. The molecule has 0 N–H and O–H groups in total. The van der Waals surface area contributed by atoms with Gasteiger partial charge < -0.3 is 9.47 Å². The maximum atomic E-state index is 6.06. The molecule has 4 nitrogen and oxygen atoms in total. The molecule has 2 aliphatic rings. The number of rotatable bonds is 1. The first-order chi connectivity index (χ1) is 8.19. The van der Waals surface area contributed by atoms with E-state index in [0.717, 1.165) is 35.7 Å². The summed E-state index contributed by atoms with van der Waals surface area (Å²) in [5.41, 5.74) is 2.23. The first-order valence-corrected chi connectivity index (χ1v) is 5.85. The van der Waals surface area contributed by atoms with Crippen LogP contribution in [0, 0.1) is 6.92 Å². The first kappa shape index (κ1) is 10.6. The lowest BCUT2D eigenvalue weighted by molar-refractivity contribution is -0.592.